The number of hydrogen-bond donors (Lipinski definition) is 3. The SMILES string of the molecule is C=CCNC(=S)N(CCOC)c1c(N)n(CCCC)c(=O)[nH]c1=O. The predicted molar refractivity (Wildman–Crippen MR) is 101 cm³/mol. The zero-order valence-corrected chi connectivity index (χ0v) is 14.9. The molecule has 1 aromatic rings. The number of H-pyrrole nitrogens is 1. The van der Waals surface area contributed by atoms with Crippen molar-refractivity contribution in [3.05, 3.63) is 33.5 Å². The van der Waals surface area contributed by atoms with Gasteiger partial charge >= 0.3 is 5.69 Å². The number of hydrogen-bond acceptors (Lipinski definition) is 5. The molecule has 1 heterocycles. The van der Waals surface area contributed by atoms with Gasteiger partial charge in [0.2, 0.25) is 0 Å². The number of rotatable bonds is 9. The molecule has 8 nitrogen and oxygen atoms in total. The van der Waals surface area contributed by atoms with Crippen molar-refractivity contribution in [2.45, 2.75) is 26.3 Å². The van der Waals surface area contributed by atoms with Crippen molar-refractivity contribution in [3.63, 3.8) is 0 Å². The first-order chi connectivity index (χ1) is 11.5. The van der Waals surface area contributed by atoms with E-state index in [0.29, 0.717) is 31.4 Å². The van der Waals surface area contributed by atoms with Gasteiger partial charge in [0.1, 0.15) is 5.82 Å². The molecule has 0 radical (unpaired) electrons. The minimum absolute atomic E-state index is 0.0936. The van der Waals surface area contributed by atoms with Crippen molar-refractivity contribution in [3.8, 4) is 0 Å². The fourth-order valence-corrected chi connectivity index (χ4v) is 2.39. The molecule has 0 aliphatic heterocycles. The molecule has 0 amide bonds. The lowest BCUT2D eigenvalue weighted by molar-refractivity contribution is 0.207. The summed E-state index contributed by atoms with van der Waals surface area (Å²) in [7, 11) is 1.55. The Kier molecular flexibility index (Phi) is 8.20. The van der Waals surface area contributed by atoms with Gasteiger partial charge in [0, 0.05) is 26.7 Å². The maximum Gasteiger partial charge on any atom is 0.330 e. The highest BCUT2D eigenvalue weighted by molar-refractivity contribution is 7.80. The molecule has 4 N–H and O–H groups in total. The molecule has 0 bridgehead atoms. The van der Waals surface area contributed by atoms with Gasteiger partial charge in [-0.05, 0) is 18.6 Å². The Morgan fingerprint density at radius 3 is 2.83 bits per heavy atom. The number of nitrogens with one attached hydrogen (secondary N) is 2. The van der Waals surface area contributed by atoms with Gasteiger partial charge < -0.3 is 20.7 Å². The number of aromatic amines is 1. The molecule has 0 aliphatic rings. The van der Waals surface area contributed by atoms with E-state index in [1.54, 1.807) is 18.1 Å². The summed E-state index contributed by atoms with van der Waals surface area (Å²) < 4.78 is 6.43. The summed E-state index contributed by atoms with van der Waals surface area (Å²) in [4.78, 5) is 28.2. The van der Waals surface area contributed by atoms with Crippen LogP contribution in [-0.4, -0.2) is 41.5 Å². The van der Waals surface area contributed by atoms with Crippen LogP contribution in [0, 0.1) is 0 Å². The Bertz CT molecular complexity index is 683. The molecule has 0 aromatic carbocycles. The molecular weight excluding hydrogens is 330 g/mol. The number of nitrogens with zero attached hydrogens (tertiary/aromatic N) is 2. The Labute approximate surface area is 146 Å². The molecule has 0 unspecified atom stereocenters. The summed E-state index contributed by atoms with van der Waals surface area (Å²) in [5.74, 6) is 0.0936. The Balaban J connectivity index is 3.34. The van der Waals surface area contributed by atoms with Crippen LogP contribution in [0.1, 0.15) is 19.8 Å². The highest BCUT2D eigenvalue weighted by Crippen LogP contribution is 2.17. The summed E-state index contributed by atoms with van der Waals surface area (Å²) in [5, 5.41) is 3.27. The molecule has 0 spiro atoms. The van der Waals surface area contributed by atoms with E-state index in [2.05, 4.69) is 16.9 Å². The van der Waals surface area contributed by atoms with E-state index >= 15 is 0 Å². The van der Waals surface area contributed by atoms with Crippen LogP contribution in [0.25, 0.3) is 0 Å². The van der Waals surface area contributed by atoms with Crippen LogP contribution in [0.4, 0.5) is 11.5 Å². The third kappa shape index (κ3) is 4.93. The highest BCUT2D eigenvalue weighted by atomic mass is 32.1. The first-order valence-corrected chi connectivity index (χ1v) is 8.16. The van der Waals surface area contributed by atoms with Crippen LogP contribution in [0.3, 0.4) is 0 Å². The molecule has 0 aliphatic carbocycles. The number of nitrogens with two attached hydrogens (primary N) is 1. The van der Waals surface area contributed by atoms with Crippen molar-refractivity contribution in [2.75, 3.05) is 37.4 Å². The standard InChI is InChI=1S/C15H25N5O3S/c1-4-6-8-20-12(16)11(13(21)18-14(20)22)19(9-10-23-3)15(24)17-7-5-2/h5H,2,4,6-10,16H2,1,3H3,(H,17,24)(H,18,21,22). The monoisotopic (exact) mass is 355 g/mol. The molecular formula is C15H25N5O3S. The van der Waals surface area contributed by atoms with Crippen LogP contribution >= 0.6 is 12.2 Å². The molecule has 24 heavy (non-hydrogen) atoms. The first-order valence-electron chi connectivity index (χ1n) is 7.75. The summed E-state index contributed by atoms with van der Waals surface area (Å²) >= 11 is 5.33. The van der Waals surface area contributed by atoms with Crippen LogP contribution in [0.2, 0.25) is 0 Å². The zero-order chi connectivity index (χ0) is 18.1. The maximum absolute atomic E-state index is 12.3. The second-order valence-electron chi connectivity index (χ2n) is 5.12. The average Bonchev–Trinajstić information content (AvgIpc) is 2.55. The fourth-order valence-electron chi connectivity index (χ4n) is 2.13. The van der Waals surface area contributed by atoms with Gasteiger partial charge in [-0.15, -0.1) is 6.58 Å². The smallest absolute Gasteiger partial charge is 0.330 e. The van der Waals surface area contributed by atoms with Crippen LogP contribution in [0.15, 0.2) is 22.2 Å². The Hall–Kier alpha value is -2.13. The van der Waals surface area contributed by atoms with Gasteiger partial charge in [-0.25, -0.2) is 4.79 Å². The van der Waals surface area contributed by atoms with Gasteiger partial charge in [0.15, 0.2) is 10.8 Å². The van der Waals surface area contributed by atoms with E-state index in [1.165, 1.54) is 4.57 Å². The van der Waals surface area contributed by atoms with E-state index in [1.807, 2.05) is 6.92 Å². The summed E-state index contributed by atoms with van der Waals surface area (Å²) in [6.07, 6.45) is 3.32. The largest absolute Gasteiger partial charge is 0.383 e. The Morgan fingerprint density at radius 2 is 2.25 bits per heavy atom. The minimum Gasteiger partial charge on any atom is -0.383 e. The average molecular weight is 355 g/mol. The second-order valence-corrected chi connectivity index (χ2v) is 5.50. The van der Waals surface area contributed by atoms with Crippen molar-refractivity contribution < 1.29 is 4.74 Å². The fraction of sp³-hybridized carbons (Fsp3) is 0.533. The summed E-state index contributed by atoms with van der Waals surface area (Å²) in [6, 6.07) is 0. The quantitative estimate of drug-likeness (QED) is 0.436. The molecule has 0 atom stereocenters. The summed E-state index contributed by atoms with van der Waals surface area (Å²) in [6.45, 7) is 7.15. The zero-order valence-electron chi connectivity index (χ0n) is 14.1. The van der Waals surface area contributed by atoms with E-state index in [-0.39, 0.29) is 11.5 Å². The number of ether oxygens (including phenoxy) is 1. The molecule has 1 rings (SSSR count). The van der Waals surface area contributed by atoms with E-state index < -0.39 is 11.2 Å². The first kappa shape index (κ1) is 19.9. The normalized spacial score (nSPS) is 10.4. The van der Waals surface area contributed by atoms with Crippen LogP contribution in [0.5, 0.6) is 0 Å². The molecule has 0 saturated heterocycles. The van der Waals surface area contributed by atoms with Crippen LogP contribution in [-0.2, 0) is 11.3 Å². The van der Waals surface area contributed by atoms with E-state index in [0.717, 1.165) is 12.8 Å². The van der Waals surface area contributed by atoms with Gasteiger partial charge in [-0.1, -0.05) is 19.4 Å². The number of methoxy groups -OCH3 is 1. The topological polar surface area (TPSA) is 105 Å². The van der Waals surface area contributed by atoms with Gasteiger partial charge in [0.05, 0.1) is 6.61 Å². The number of aromatic nitrogens is 2. The highest BCUT2D eigenvalue weighted by Gasteiger charge is 2.21. The Morgan fingerprint density at radius 1 is 1.54 bits per heavy atom. The molecule has 0 saturated carbocycles. The van der Waals surface area contributed by atoms with Gasteiger partial charge in [-0.3, -0.25) is 14.3 Å². The van der Waals surface area contributed by atoms with E-state index in [4.69, 9.17) is 22.7 Å². The van der Waals surface area contributed by atoms with Crippen molar-refractivity contribution in [1.82, 2.24) is 14.9 Å². The summed E-state index contributed by atoms with van der Waals surface area (Å²) in [5.41, 5.74) is 5.16. The van der Waals surface area contributed by atoms with E-state index in [9.17, 15) is 9.59 Å². The third-order valence-corrected chi connectivity index (χ3v) is 3.75. The second kappa shape index (κ2) is 9.89. The lowest BCUT2D eigenvalue weighted by Gasteiger charge is -2.26. The minimum atomic E-state index is -0.580. The molecule has 9 heteroatoms. The van der Waals surface area contributed by atoms with Crippen molar-refractivity contribution in [1.29, 1.82) is 0 Å². The number of anilines is 2. The lowest BCUT2D eigenvalue weighted by Crippen LogP contribution is -2.46. The number of unbranched alkanes of at least 4 members (excludes halogenated alkanes) is 1. The number of nitrogen functional groups attached to an aromatic ring is 1. The molecule has 0 fully saturated rings. The predicted octanol–water partition coefficient (Wildman–Crippen LogP) is 0.432. The maximum atomic E-state index is 12.3. The third-order valence-electron chi connectivity index (χ3n) is 3.38. The molecule has 1 aromatic heterocycles. The van der Waals surface area contributed by atoms with Crippen molar-refractivity contribution >= 4 is 28.8 Å². The lowest BCUT2D eigenvalue weighted by atomic mass is 10.3. The van der Waals surface area contributed by atoms with Gasteiger partial charge in [0.25, 0.3) is 5.56 Å². The van der Waals surface area contributed by atoms with Crippen molar-refractivity contribution in [2.24, 2.45) is 0 Å². The van der Waals surface area contributed by atoms with Crippen LogP contribution < -0.4 is 27.2 Å². The number of thiocarbonyl (C=S) groups is 1. The molecule has 134 valence electrons. The van der Waals surface area contributed by atoms with Gasteiger partial charge in [-0.2, -0.15) is 0 Å².